The molecule has 98 valence electrons. The van der Waals surface area contributed by atoms with Crippen molar-refractivity contribution in [2.75, 3.05) is 13.1 Å². The quantitative estimate of drug-likeness (QED) is 0.836. The second-order valence-corrected chi connectivity index (χ2v) is 5.10. The monoisotopic (exact) mass is 249 g/mol. The Morgan fingerprint density at radius 1 is 1.44 bits per heavy atom. The van der Waals surface area contributed by atoms with Gasteiger partial charge in [-0.3, -0.25) is 4.79 Å². The lowest BCUT2D eigenvalue weighted by molar-refractivity contribution is 0.0762. The maximum atomic E-state index is 12.3. The van der Waals surface area contributed by atoms with E-state index >= 15 is 0 Å². The van der Waals surface area contributed by atoms with Crippen molar-refractivity contribution >= 4 is 5.91 Å². The summed E-state index contributed by atoms with van der Waals surface area (Å²) in [5, 5.41) is 19.0. The number of phenols is 1. The van der Waals surface area contributed by atoms with Gasteiger partial charge >= 0.3 is 0 Å². The van der Waals surface area contributed by atoms with E-state index in [0.29, 0.717) is 18.7 Å². The number of nitrogens with zero attached hydrogens (tertiary/aromatic N) is 1. The Hall–Kier alpha value is -1.55. The molecule has 0 radical (unpaired) electrons. The molecule has 2 rings (SSSR count). The van der Waals surface area contributed by atoms with E-state index in [1.54, 1.807) is 24.0 Å². The molecule has 4 heteroatoms. The standard InChI is InChI=1S/C14H19NO3/c1-9-5-12(7-13(17)6-9)14(18)15-4-3-11(8-15)10(2)16/h5-7,10-11,16-17H,3-4,8H2,1-2H3. The molecule has 1 saturated heterocycles. The molecular weight excluding hydrogens is 230 g/mol. The molecule has 1 fully saturated rings. The average molecular weight is 249 g/mol. The van der Waals surface area contributed by atoms with Gasteiger partial charge in [-0.15, -0.1) is 0 Å². The summed E-state index contributed by atoms with van der Waals surface area (Å²) < 4.78 is 0. The Morgan fingerprint density at radius 3 is 2.72 bits per heavy atom. The van der Waals surface area contributed by atoms with Crippen LogP contribution in [-0.4, -0.2) is 40.2 Å². The summed E-state index contributed by atoms with van der Waals surface area (Å²) in [7, 11) is 0. The number of aryl methyl sites for hydroxylation is 1. The van der Waals surface area contributed by atoms with Gasteiger partial charge in [0.05, 0.1) is 6.10 Å². The number of likely N-dealkylation sites (tertiary alicyclic amines) is 1. The van der Waals surface area contributed by atoms with Crippen molar-refractivity contribution in [3.05, 3.63) is 29.3 Å². The van der Waals surface area contributed by atoms with Crippen LogP contribution in [-0.2, 0) is 0 Å². The van der Waals surface area contributed by atoms with Crippen LogP contribution in [0, 0.1) is 12.8 Å². The Morgan fingerprint density at radius 2 is 2.17 bits per heavy atom. The molecule has 0 aromatic heterocycles. The summed E-state index contributed by atoms with van der Waals surface area (Å²) in [6.45, 7) is 4.87. The first-order chi connectivity index (χ1) is 8.47. The Labute approximate surface area is 107 Å². The van der Waals surface area contributed by atoms with E-state index < -0.39 is 0 Å². The summed E-state index contributed by atoms with van der Waals surface area (Å²) in [5.74, 6) is 0.203. The van der Waals surface area contributed by atoms with E-state index in [9.17, 15) is 15.0 Å². The normalized spacial score (nSPS) is 21.1. The van der Waals surface area contributed by atoms with E-state index in [1.165, 1.54) is 6.07 Å². The molecule has 4 nitrogen and oxygen atoms in total. The summed E-state index contributed by atoms with van der Waals surface area (Å²) in [6.07, 6.45) is 0.454. The molecule has 18 heavy (non-hydrogen) atoms. The number of hydrogen-bond donors (Lipinski definition) is 2. The fourth-order valence-corrected chi connectivity index (χ4v) is 2.43. The van der Waals surface area contributed by atoms with E-state index in [2.05, 4.69) is 0 Å². The maximum Gasteiger partial charge on any atom is 0.254 e. The molecule has 0 bridgehead atoms. The van der Waals surface area contributed by atoms with Crippen LogP contribution in [0.25, 0.3) is 0 Å². The summed E-state index contributed by atoms with van der Waals surface area (Å²) in [5.41, 5.74) is 1.38. The molecule has 1 amide bonds. The van der Waals surface area contributed by atoms with Crippen molar-refractivity contribution < 1.29 is 15.0 Å². The third kappa shape index (κ3) is 2.64. The lowest BCUT2D eigenvalue weighted by Crippen LogP contribution is -2.30. The molecule has 1 aliphatic heterocycles. The number of rotatable bonds is 2. The van der Waals surface area contributed by atoms with E-state index in [0.717, 1.165) is 12.0 Å². The average Bonchev–Trinajstić information content (AvgIpc) is 2.75. The highest BCUT2D eigenvalue weighted by atomic mass is 16.3. The van der Waals surface area contributed by atoms with Gasteiger partial charge < -0.3 is 15.1 Å². The zero-order chi connectivity index (χ0) is 13.3. The molecule has 0 saturated carbocycles. The van der Waals surface area contributed by atoms with Gasteiger partial charge in [0.2, 0.25) is 0 Å². The van der Waals surface area contributed by atoms with Crippen LogP contribution in [0.4, 0.5) is 0 Å². The van der Waals surface area contributed by atoms with E-state index in [1.807, 2.05) is 6.92 Å². The summed E-state index contributed by atoms with van der Waals surface area (Å²) in [6, 6.07) is 4.89. The van der Waals surface area contributed by atoms with Gasteiger partial charge in [-0.2, -0.15) is 0 Å². The van der Waals surface area contributed by atoms with Crippen LogP contribution in [0.5, 0.6) is 5.75 Å². The van der Waals surface area contributed by atoms with Gasteiger partial charge in [0.1, 0.15) is 5.75 Å². The number of carbonyl (C=O) groups is 1. The third-order valence-corrected chi connectivity index (χ3v) is 3.50. The molecule has 0 aliphatic carbocycles. The number of amides is 1. The molecule has 2 N–H and O–H groups in total. The van der Waals surface area contributed by atoms with Gasteiger partial charge in [0.25, 0.3) is 5.91 Å². The Balaban J connectivity index is 2.12. The highest BCUT2D eigenvalue weighted by Crippen LogP contribution is 2.23. The van der Waals surface area contributed by atoms with Crippen molar-refractivity contribution in [1.82, 2.24) is 4.90 Å². The smallest absolute Gasteiger partial charge is 0.254 e. The third-order valence-electron chi connectivity index (χ3n) is 3.50. The molecule has 2 atom stereocenters. The van der Waals surface area contributed by atoms with Gasteiger partial charge in [0, 0.05) is 24.6 Å². The van der Waals surface area contributed by atoms with Crippen molar-refractivity contribution in [2.45, 2.75) is 26.4 Å². The number of benzene rings is 1. The Kier molecular flexibility index (Phi) is 3.57. The first-order valence-corrected chi connectivity index (χ1v) is 6.25. The number of carbonyl (C=O) groups excluding carboxylic acids is 1. The molecule has 1 heterocycles. The topological polar surface area (TPSA) is 60.8 Å². The predicted octanol–water partition coefficient (Wildman–Crippen LogP) is 1.54. The van der Waals surface area contributed by atoms with Crippen LogP contribution < -0.4 is 0 Å². The zero-order valence-electron chi connectivity index (χ0n) is 10.8. The highest BCUT2D eigenvalue weighted by molar-refractivity contribution is 5.95. The number of aromatic hydroxyl groups is 1. The minimum absolute atomic E-state index is 0.0721. The number of hydrogen-bond acceptors (Lipinski definition) is 3. The maximum absolute atomic E-state index is 12.3. The largest absolute Gasteiger partial charge is 0.508 e. The Bertz CT molecular complexity index is 436. The lowest BCUT2D eigenvalue weighted by Gasteiger charge is -2.18. The van der Waals surface area contributed by atoms with Gasteiger partial charge in [-0.1, -0.05) is 0 Å². The van der Waals surface area contributed by atoms with Crippen molar-refractivity contribution in [3.8, 4) is 5.75 Å². The fraction of sp³-hybridized carbons (Fsp3) is 0.500. The minimum atomic E-state index is -0.381. The van der Waals surface area contributed by atoms with Crippen LogP contribution in [0.15, 0.2) is 18.2 Å². The van der Waals surface area contributed by atoms with Gasteiger partial charge in [-0.05, 0) is 44.0 Å². The lowest BCUT2D eigenvalue weighted by atomic mass is 10.0. The van der Waals surface area contributed by atoms with Crippen LogP contribution in [0.2, 0.25) is 0 Å². The first kappa shape index (κ1) is 12.9. The minimum Gasteiger partial charge on any atom is -0.508 e. The first-order valence-electron chi connectivity index (χ1n) is 6.25. The second kappa shape index (κ2) is 4.98. The molecular formula is C14H19NO3. The molecule has 2 unspecified atom stereocenters. The van der Waals surface area contributed by atoms with E-state index in [-0.39, 0.29) is 23.7 Å². The summed E-state index contributed by atoms with van der Waals surface area (Å²) in [4.78, 5) is 14.0. The number of aliphatic hydroxyl groups is 1. The van der Waals surface area contributed by atoms with Crippen molar-refractivity contribution in [1.29, 1.82) is 0 Å². The highest BCUT2D eigenvalue weighted by Gasteiger charge is 2.29. The SMILES string of the molecule is Cc1cc(O)cc(C(=O)N2CCC(C(C)O)C2)c1. The van der Waals surface area contributed by atoms with Crippen LogP contribution >= 0.6 is 0 Å². The summed E-state index contributed by atoms with van der Waals surface area (Å²) >= 11 is 0. The molecule has 1 aromatic carbocycles. The zero-order valence-corrected chi connectivity index (χ0v) is 10.8. The predicted molar refractivity (Wildman–Crippen MR) is 68.5 cm³/mol. The van der Waals surface area contributed by atoms with Crippen molar-refractivity contribution in [3.63, 3.8) is 0 Å². The van der Waals surface area contributed by atoms with Gasteiger partial charge in [-0.25, -0.2) is 0 Å². The molecule has 1 aliphatic rings. The van der Waals surface area contributed by atoms with Crippen LogP contribution in [0.1, 0.15) is 29.3 Å². The number of aliphatic hydroxyl groups excluding tert-OH is 1. The van der Waals surface area contributed by atoms with E-state index in [4.69, 9.17) is 0 Å². The number of phenolic OH excluding ortho intramolecular Hbond substituents is 1. The molecule has 1 aromatic rings. The fourth-order valence-electron chi connectivity index (χ4n) is 2.43. The van der Waals surface area contributed by atoms with Crippen molar-refractivity contribution in [2.24, 2.45) is 5.92 Å². The van der Waals surface area contributed by atoms with Crippen LogP contribution in [0.3, 0.4) is 0 Å². The molecule has 0 spiro atoms. The second-order valence-electron chi connectivity index (χ2n) is 5.10. The van der Waals surface area contributed by atoms with Gasteiger partial charge in [0.15, 0.2) is 0 Å².